The van der Waals surface area contributed by atoms with Crippen LogP contribution in [0.3, 0.4) is 0 Å². The Kier molecular flexibility index (Phi) is 30.4. The van der Waals surface area contributed by atoms with Crippen molar-refractivity contribution in [1.82, 2.24) is 0 Å². The number of carbonyl (C=O) groups excluding carboxylic acids is 2. The lowest BCUT2D eigenvalue weighted by Gasteiger charge is -2.11. The smallest absolute Gasteiger partial charge is 0.305 e. The summed E-state index contributed by atoms with van der Waals surface area (Å²) in [5, 5.41) is 81.6. The molecule has 0 fully saturated rings. The molecular weight excluding hydrogens is 1130 g/mol. The Morgan fingerprint density at radius 3 is 0.886 bits per heavy atom. The minimum absolute atomic E-state index is 0.0181. The minimum Gasteiger partial charge on any atom is -0.504 e. The van der Waals surface area contributed by atoms with Gasteiger partial charge in [-0.3, -0.25) is 24.0 Å². The quantitative estimate of drug-likeness (QED) is 0.0200. The van der Waals surface area contributed by atoms with E-state index in [1.807, 2.05) is 116 Å². The first-order valence-corrected chi connectivity index (χ1v) is 27.8. The van der Waals surface area contributed by atoms with Crippen LogP contribution in [0.4, 0.5) is 0 Å². The second kappa shape index (κ2) is 38.3. The Labute approximate surface area is 510 Å². The molecule has 0 aliphatic carbocycles. The normalized spacial score (nSPS) is 10.1. The molecule has 0 aliphatic rings. The molecule has 8 aromatic carbocycles. The van der Waals surface area contributed by atoms with Crippen LogP contribution >= 0.6 is 0 Å². The Morgan fingerprint density at radius 1 is 0.307 bits per heavy atom. The molecule has 0 heterocycles. The van der Waals surface area contributed by atoms with Crippen LogP contribution in [0, 0.1) is 6.92 Å². The third-order valence-electron chi connectivity index (χ3n) is 12.7. The average molecular weight is 1210 g/mol. The third kappa shape index (κ3) is 27.8. The Hall–Kier alpha value is -10.7. The number of methoxy groups -OCH3 is 2. The number of rotatable bonds is 24. The maximum Gasteiger partial charge on any atom is 0.305 e. The van der Waals surface area contributed by atoms with Crippen molar-refractivity contribution in [3.63, 3.8) is 0 Å². The Balaban J connectivity index is 0.000000238. The summed E-state index contributed by atoms with van der Waals surface area (Å²) in [6.45, 7) is 3.25. The molecule has 0 saturated heterocycles. The van der Waals surface area contributed by atoms with Gasteiger partial charge in [0.25, 0.3) is 0 Å². The largest absolute Gasteiger partial charge is 0.504 e. The highest BCUT2D eigenvalue weighted by atomic mass is 16.5. The summed E-state index contributed by atoms with van der Waals surface area (Å²) in [6.07, 6.45) is 3.11. The van der Waals surface area contributed by atoms with E-state index in [0.29, 0.717) is 75.4 Å². The van der Waals surface area contributed by atoms with Gasteiger partial charge in [0.1, 0.15) is 25.6 Å². The summed E-state index contributed by atoms with van der Waals surface area (Å²) in [5.74, 6) is -2.05. The fourth-order valence-corrected chi connectivity index (χ4v) is 7.72. The zero-order chi connectivity index (χ0) is 64.2. The van der Waals surface area contributed by atoms with Gasteiger partial charge in [0, 0.05) is 32.1 Å². The fraction of sp³-hybridized carbons (Fsp3) is 0.232. The van der Waals surface area contributed by atoms with Crippen molar-refractivity contribution in [2.45, 2.75) is 91.0 Å². The highest BCUT2D eigenvalue weighted by molar-refractivity contribution is 5.70. The number of carbonyl (C=O) groups is 5. The molecule has 8 aromatic rings. The molecule has 0 saturated carbocycles. The highest BCUT2D eigenvalue weighted by Gasteiger charge is 2.11. The Bertz CT molecular complexity index is 3340. The summed E-state index contributed by atoms with van der Waals surface area (Å²) >= 11 is 0. The average Bonchev–Trinajstić information content (AvgIpc) is 3.72. The van der Waals surface area contributed by atoms with E-state index in [1.54, 1.807) is 42.5 Å². The molecule has 0 amide bonds. The maximum atomic E-state index is 11.1. The standard InChI is InChI=1S/C17H18O4.C17H18O3.C16H16O4.C10H12O4.C9H10O4/c1-20-17(19)10-8-13-7-9-15(18)16(11-13)21-12-14-5-3-2-4-6-14;1-13-7-8-14(9-10-17(18)19)11-16(13)20-12-15-5-3-2-4-6-15;17-14-8-6-12(7-9-16(18)19)10-15(14)20-11-13-4-2-1-3-5-13;1-14-10(13)5-3-7-2-4-8(11)9(12)6-7;10-7-3-1-6(5-8(7)11)2-4-9(12)13/h2-7,9,11,18H,8,10,12H2,1H3;2-8,11H,9-10,12H2,1H3,(H,18,19);1-6,8,10,17H,7,9,11H2,(H,18,19);2,4,6,11-12H,3,5H2,1H3;1,3,5,10-11H,2,4H2,(H,12,13). The molecule has 0 radical (unpaired) electrons. The van der Waals surface area contributed by atoms with E-state index in [2.05, 4.69) is 9.47 Å². The van der Waals surface area contributed by atoms with Crippen LogP contribution in [0.1, 0.15) is 82.2 Å². The van der Waals surface area contributed by atoms with Crippen molar-refractivity contribution >= 4 is 29.8 Å². The van der Waals surface area contributed by atoms with Gasteiger partial charge in [-0.1, -0.05) is 127 Å². The van der Waals surface area contributed by atoms with E-state index in [4.69, 9.17) is 50.0 Å². The number of carboxylic acids is 3. The molecule has 0 unspecified atom stereocenters. The highest BCUT2D eigenvalue weighted by Crippen LogP contribution is 2.31. The van der Waals surface area contributed by atoms with E-state index in [0.717, 1.165) is 50.3 Å². The van der Waals surface area contributed by atoms with E-state index in [-0.39, 0.29) is 72.1 Å². The van der Waals surface area contributed by atoms with E-state index < -0.39 is 17.9 Å². The van der Waals surface area contributed by atoms with E-state index in [1.165, 1.54) is 44.6 Å². The number of hydrogen-bond acceptors (Lipinski definition) is 16. The fourth-order valence-electron chi connectivity index (χ4n) is 7.72. The molecule has 0 spiro atoms. The van der Waals surface area contributed by atoms with Gasteiger partial charge in [-0.15, -0.1) is 0 Å². The van der Waals surface area contributed by atoms with Crippen molar-refractivity contribution in [1.29, 1.82) is 0 Å². The molecule has 0 aliphatic heterocycles. The van der Waals surface area contributed by atoms with E-state index >= 15 is 0 Å². The van der Waals surface area contributed by atoms with E-state index in [9.17, 15) is 34.2 Å². The molecule has 9 N–H and O–H groups in total. The van der Waals surface area contributed by atoms with Gasteiger partial charge in [-0.05, 0) is 144 Å². The lowest BCUT2D eigenvalue weighted by Crippen LogP contribution is -2.02. The summed E-state index contributed by atoms with van der Waals surface area (Å²) < 4.78 is 26.1. The Morgan fingerprint density at radius 2 is 0.580 bits per heavy atom. The van der Waals surface area contributed by atoms with Gasteiger partial charge in [0.15, 0.2) is 46.0 Å². The first-order valence-electron chi connectivity index (χ1n) is 27.8. The zero-order valence-corrected chi connectivity index (χ0v) is 49.1. The first kappa shape index (κ1) is 69.8. The van der Waals surface area contributed by atoms with Crippen molar-refractivity contribution in [3.8, 4) is 51.7 Å². The molecule has 464 valence electrons. The predicted molar refractivity (Wildman–Crippen MR) is 328 cm³/mol. The van der Waals surface area contributed by atoms with Crippen molar-refractivity contribution in [3.05, 3.63) is 232 Å². The van der Waals surface area contributed by atoms with Crippen LogP contribution in [0.25, 0.3) is 0 Å². The van der Waals surface area contributed by atoms with Gasteiger partial charge in [0.05, 0.1) is 14.2 Å². The van der Waals surface area contributed by atoms with Gasteiger partial charge in [0.2, 0.25) is 0 Å². The van der Waals surface area contributed by atoms with Gasteiger partial charge < -0.3 is 69.6 Å². The number of benzene rings is 8. The zero-order valence-electron chi connectivity index (χ0n) is 49.1. The number of ether oxygens (including phenoxy) is 5. The number of hydrogen-bond donors (Lipinski definition) is 9. The number of aliphatic carboxylic acids is 3. The number of carboxylic acid groups (broad SMARTS) is 3. The SMILES string of the molecule is COC(=O)CCc1ccc(O)c(O)c1.COC(=O)CCc1ccc(O)c(OCc2ccccc2)c1.Cc1ccc(CCC(=O)O)cc1OCc1ccccc1.O=C(O)CCc1ccc(O)c(O)c1.O=C(O)CCc1ccc(O)c(OCc2ccccc2)c1. The summed E-state index contributed by atoms with van der Waals surface area (Å²) in [5.41, 5.74) is 8.40. The summed E-state index contributed by atoms with van der Waals surface area (Å²) in [6, 6.07) is 53.9. The van der Waals surface area contributed by atoms with Gasteiger partial charge in [-0.2, -0.15) is 0 Å². The second-order valence-corrected chi connectivity index (χ2v) is 19.5. The van der Waals surface area contributed by atoms with Crippen LogP contribution in [-0.2, 0) is 85.4 Å². The number of aryl methyl sites for hydroxylation is 6. The molecule has 8 rings (SSSR count). The molecule has 19 heteroatoms. The van der Waals surface area contributed by atoms with Crippen molar-refractivity contribution < 1.29 is 93.6 Å². The maximum absolute atomic E-state index is 11.1. The van der Waals surface area contributed by atoms with Gasteiger partial charge in [-0.25, -0.2) is 0 Å². The van der Waals surface area contributed by atoms with Gasteiger partial charge >= 0.3 is 29.8 Å². The van der Waals surface area contributed by atoms with Crippen LogP contribution in [0.2, 0.25) is 0 Å². The van der Waals surface area contributed by atoms with Crippen LogP contribution < -0.4 is 14.2 Å². The number of esters is 2. The van der Waals surface area contributed by atoms with Crippen LogP contribution in [0.5, 0.6) is 51.7 Å². The van der Waals surface area contributed by atoms with Crippen molar-refractivity contribution in [2.75, 3.05) is 14.2 Å². The lowest BCUT2D eigenvalue weighted by molar-refractivity contribution is -0.141. The third-order valence-corrected chi connectivity index (χ3v) is 12.7. The molecule has 0 bridgehead atoms. The number of phenolic OH excluding ortho intramolecular Hbond substituents is 6. The summed E-state index contributed by atoms with van der Waals surface area (Å²) in [4.78, 5) is 53.3. The molecule has 19 nitrogen and oxygen atoms in total. The minimum atomic E-state index is -0.882. The molecule has 0 aromatic heterocycles. The van der Waals surface area contributed by atoms with Crippen LogP contribution in [-0.4, -0.2) is 90.0 Å². The van der Waals surface area contributed by atoms with Crippen LogP contribution in [0.15, 0.2) is 182 Å². The number of aromatic hydroxyl groups is 6. The monoisotopic (exact) mass is 1210 g/mol. The molecular formula is C69H74O19. The lowest BCUT2D eigenvalue weighted by atomic mass is 10.1. The molecule has 0 atom stereocenters. The first-order chi connectivity index (χ1) is 42.2. The molecule has 88 heavy (non-hydrogen) atoms. The topological polar surface area (TPSA) is 314 Å². The number of phenols is 6. The summed E-state index contributed by atoms with van der Waals surface area (Å²) in [7, 11) is 2.70. The van der Waals surface area contributed by atoms with Crippen molar-refractivity contribution in [2.24, 2.45) is 0 Å². The predicted octanol–water partition coefficient (Wildman–Crippen LogP) is 12.0. The second-order valence-electron chi connectivity index (χ2n) is 19.5.